The number of pyridine rings is 2. The first kappa shape index (κ1) is 27.0. The minimum Gasteiger partial charge on any atom is -0.492 e. The molecule has 0 saturated heterocycles. The summed E-state index contributed by atoms with van der Waals surface area (Å²) < 4.78 is 7.76. The summed E-state index contributed by atoms with van der Waals surface area (Å²) in [7, 11) is 1.81. The second-order valence-corrected chi connectivity index (χ2v) is 9.74. The van der Waals surface area contributed by atoms with Gasteiger partial charge in [-0.15, -0.1) is 0 Å². The second kappa shape index (κ2) is 11.5. The molecule has 4 rings (SSSR count). The van der Waals surface area contributed by atoms with Crippen LogP contribution in [0.3, 0.4) is 0 Å². The topological polar surface area (TPSA) is 90.2 Å². The van der Waals surface area contributed by atoms with Gasteiger partial charge >= 0.3 is 0 Å². The van der Waals surface area contributed by atoms with Crippen molar-refractivity contribution in [2.75, 3.05) is 13.7 Å². The normalized spacial score (nSPS) is 11.1. The van der Waals surface area contributed by atoms with Crippen LogP contribution in [0.4, 0.5) is 0 Å². The molecule has 0 radical (unpaired) electrons. The summed E-state index contributed by atoms with van der Waals surface area (Å²) in [6, 6.07) is 11.5. The maximum atomic E-state index is 13.8. The molecule has 8 nitrogen and oxygen atoms in total. The molecule has 0 spiro atoms. The minimum atomic E-state index is -0.0879. The fourth-order valence-corrected chi connectivity index (χ4v) is 4.49. The largest absolute Gasteiger partial charge is 0.492 e. The molecule has 0 unspecified atom stereocenters. The molecule has 0 bridgehead atoms. The van der Waals surface area contributed by atoms with E-state index in [-0.39, 0.29) is 11.7 Å². The fourth-order valence-electron chi connectivity index (χ4n) is 4.49. The van der Waals surface area contributed by atoms with E-state index in [0.717, 1.165) is 40.0 Å². The Morgan fingerprint density at radius 3 is 2.50 bits per heavy atom. The predicted molar refractivity (Wildman–Crippen MR) is 148 cm³/mol. The number of aryl methyl sites for hydroxylation is 3. The van der Waals surface area contributed by atoms with Gasteiger partial charge in [-0.2, -0.15) is 5.10 Å². The molecule has 0 N–H and O–H groups in total. The van der Waals surface area contributed by atoms with E-state index >= 15 is 0 Å². The zero-order valence-electron chi connectivity index (χ0n) is 23.0. The average Bonchev–Trinajstić information content (AvgIpc) is 3.24. The van der Waals surface area contributed by atoms with Crippen molar-refractivity contribution in [3.63, 3.8) is 0 Å². The number of benzene rings is 1. The molecular formula is C30H35N5O3. The van der Waals surface area contributed by atoms with Crippen LogP contribution in [0.5, 0.6) is 5.75 Å². The lowest BCUT2D eigenvalue weighted by atomic mass is 10.0. The van der Waals surface area contributed by atoms with Gasteiger partial charge in [0, 0.05) is 43.2 Å². The number of amides is 1. The molecule has 1 aromatic carbocycles. The van der Waals surface area contributed by atoms with Crippen molar-refractivity contribution >= 4 is 22.6 Å². The molecular weight excluding hydrogens is 478 g/mol. The van der Waals surface area contributed by atoms with E-state index in [9.17, 15) is 9.59 Å². The van der Waals surface area contributed by atoms with Crippen molar-refractivity contribution in [2.45, 2.75) is 60.5 Å². The van der Waals surface area contributed by atoms with Crippen LogP contribution in [0.15, 0.2) is 42.6 Å². The number of fused-ring (bicyclic) bond motifs is 1. The van der Waals surface area contributed by atoms with Crippen LogP contribution in [-0.4, -0.2) is 50.0 Å². The van der Waals surface area contributed by atoms with Crippen LogP contribution in [0, 0.1) is 20.8 Å². The van der Waals surface area contributed by atoms with E-state index in [1.54, 1.807) is 11.8 Å². The monoisotopic (exact) mass is 513 g/mol. The van der Waals surface area contributed by atoms with Gasteiger partial charge in [-0.1, -0.05) is 11.6 Å². The lowest BCUT2D eigenvalue weighted by Crippen LogP contribution is -2.27. The Bertz CT molecular complexity index is 1490. The Morgan fingerprint density at radius 2 is 1.82 bits per heavy atom. The molecule has 1 amide bonds. The highest BCUT2D eigenvalue weighted by Gasteiger charge is 2.20. The van der Waals surface area contributed by atoms with E-state index in [1.807, 2.05) is 75.1 Å². The summed E-state index contributed by atoms with van der Waals surface area (Å²) in [5.41, 5.74) is 6.48. The van der Waals surface area contributed by atoms with Crippen molar-refractivity contribution in [3.8, 4) is 17.1 Å². The van der Waals surface area contributed by atoms with E-state index in [0.29, 0.717) is 48.7 Å². The molecule has 3 aromatic heterocycles. The lowest BCUT2D eigenvalue weighted by molar-refractivity contribution is -0.117. The molecule has 4 aromatic rings. The van der Waals surface area contributed by atoms with Crippen molar-refractivity contribution < 1.29 is 14.3 Å². The molecule has 0 aliphatic carbocycles. The number of aromatic nitrogens is 4. The van der Waals surface area contributed by atoms with E-state index in [4.69, 9.17) is 14.7 Å². The van der Waals surface area contributed by atoms with Gasteiger partial charge in [0.1, 0.15) is 11.5 Å². The molecule has 3 heterocycles. The third-order valence-corrected chi connectivity index (χ3v) is 6.68. The Hall–Kier alpha value is -4.07. The third kappa shape index (κ3) is 5.90. The quantitative estimate of drug-likeness (QED) is 0.262. The zero-order valence-corrected chi connectivity index (χ0v) is 23.0. The first-order chi connectivity index (χ1) is 18.2. The summed E-state index contributed by atoms with van der Waals surface area (Å²) >= 11 is 0. The number of ketones is 1. The Balaban J connectivity index is 1.65. The van der Waals surface area contributed by atoms with Gasteiger partial charge in [-0.3, -0.25) is 9.48 Å². The number of rotatable bonds is 10. The van der Waals surface area contributed by atoms with E-state index in [2.05, 4.69) is 12.0 Å². The van der Waals surface area contributed by atoms with Crippen LogP contribution in [-0.2, 0) is 17.9 Å². The maximum absolute atomic E-state index is 13.8. The summed E-state index contributed by atoms with van der Waals surface area (Å²) in [6.07, 6.45) is 3.00. The van der Waals surface area contributed by atoms with Gasteiger partial charge < -0.3 is 14.4 Å². The van der Waals surface area contributed by atoms with Gasteiger partial charge in [0.15, 0.2) is 0 Å². The van der Waals surface area contributed by atoms with Crippen molar-refractivity contribution in [1.29, 1.82) is 0 Å². The number of carbonyl (C=O) groups is 2. The summed E-state index contributed by atoms with van der Waals surface area (Å²) in [5, 5.41) is 5.23. The number of Topliss-reactive ketones (excluding diaryl/α,β-unsaturated/α-hetero) is 1. The van der Waals surface area contributed by atoms with Crippen LogP contribution >= 0.6 is 0 Å². The van der Waals surface area contributed by atoms with Gasteiger partial charge in [-0.25, -0.2) is 9.97 Å². The highest BCUT2D eigenvalue weighted by atomic mass is 16.5. The van der Waals surface area contributed by atoms with Crippen LogP contribution in [0.1, 0.15) is 59.6 Å². The van der Waals surface area contributed by atoms with Crippen molar-refractivity contribution in [3.05, 3.63) is 70.7 Å². The Kier molecular flexibility index (Phi) is 8.20. The van der Waals surface area contributed by atoms with Crippen molar-refractivity contribution in [2.24, 2.45) is 0 Å². The smallest absolute Gasteiger partial charge is 0.254 e. The fraction of sp³-hybridized carbons (Fsp3) is 0.367. The Morgan fingerprint density at radius 1 is 1.03 bits per heavy atom. The van der Waals surface area contributed by atoms with Gasteiger partial charge in [0.2, 0.25) is 0 Å². The molecule has 0 fully saturated rings. The first-order valence-electron chi connectivity index (χ1n) is 13.0. The molecule has 0 saturated carbocycles. The SMILES string of the molecule is CCn1ncc(CN(C)C(=O)c2cc(-c3ccc(OCCCC(C)=O)c(C)n3)nc3ccc(C)cc23)c1C. The molecule has 0 atom stereocenters. The molecule has 0 aliphatic rings. The lowest BCUT2D eigenvalue weighted by Gasteiger charge is -2.19. The maximum Gasteiger partial charge on any atom is 0.254 e. The van der Waals surface area contributed by atoms with Crippen LogP contribution < -0.4 is 4.74 Å². The van der Waals surface area contributed by atoms with Gasteiger partial charge in [0.05, 0.1) is 41.0 Å². The predicted octanol–water partition coefficient (Wildman–Crippen LogP) is 5.46. The van der Waals surface area contributed by atoms with Crippen LogP contribution in [0.2, 0.25) is 0 Å². The summed E-state index contributed by atoms with van der Waals surface area (Å²) in [6.45, 7) is 11.3. The number of nitrogens with zero attached hydrogens (tertiary/aromatic N) is 5. The molecule has 0 aliphatic heterocycles. The Labute approximate surface area is 223 Å². The van der Waals surface area contributed by atoms with E-state index in [1.165, 1.54) is 0 Å². The molecule has 38 heavy (non-hydrogen) atoms. The summed E-state index contributed by atoms with van der Waals surface area (Å²) in [4.78, 5) is 36.2. The van der Waals surface area contributed by atoms with E-state index < -0.39 is 0 Å². The highest BCUT2D eigenvalue weighted by Crippen LogP contribution is 2.28. The highest BCUT2D eigenvalue weighted by molar-refractivity contribution is 6.07. The van der Waals surface area contributed by atoms with Gasteiger partial charge in [-0.05, 0) is 71.4 Å². The number of hydrogen-bond donors (Lipinski definition) is 0. The standard InChI is InChI=1S/C30H35N5O3/c1-7-35-22(5)23(17-31-35)18-34(6)30(37)25-16-28(33-26-11-10-19(2)15-24(25)26)27-12-13-29(21(4)32-27)38-14-8-9-20(3)36/h10-13,15-17H,7-9,14,18H2,1-6H3. The second-order valence-electron chi connectivity index (χ2n) is 9.74. The first-order valence-corrected chi connectivity index (χ1v) is 13.0. The third-order valence-electron chi connectivity index (χ3n) is 6.68. The molecule has 198 valence electrons. The average molecular weight is 514 g/mol. The zero-order chi connectivity index (χ0) is 27.4. The van der Waals surface area contributed by atoms with Gasteiger partial charge in [0.25, 0.3) is 5.91 Å². The molecule has 8 heteroatoms. The van der Waals surface area contributed by atoms with Crippen LogP contribution in [0.25, 0.3) is 22.3 Å². The number of ether oxygens (including phenoxy) is 1. The summed E-state index contributed by atoms with van der Waals surface area (Å²) in [5.74, 6) is 0.737. The van der Waals surface area contributed by atoms with Crippen molar-refractivity contribution in [1.82, 2.24) is 24.6 Å². The number of hydrogen-bond acceptors (Lipinski definition) is 6. The number of carbonyl (C=O) groups excluding carboxylic acids is 2. The minimum absolute atomic E-state index is 0.0879.